The Morgan fingerprint density at radius 1 is 1.00 bits per heavy atom. The van der Waals surface area contributed by atoms with Gasteiger partial charge in [0.05, 0.1) is 6.61 Å². The maximum absolute atomic E-state index is 11.5. The Bertz CT molecular complexity index is 494. The lowest BCUT2D eigenvalue weighted by Crippen LogP contribution is -2.05. The van der Waals surface area contributed by atoms with Crippen LogP contribution in [-0.4, -0.2) is 18.5 Å². The van der Waals surface area contributed by atoms with Crippen LogP contribution in [0, 0.1) is 0 Å². The predicted molar refractivity (Wildman–Crippen MR) is 88.2 cm³/mol. The van der Waals surface area contributed by atoms with Crippen molar-refractivity contribution in [3.05, 3.63) is 46.5 Å². The Labute approximate surface area is 139 Å². The first-order valence-electron chi connectivity index (χ1n) is 7.38. The Kier molecular flexibility index (Phi) is 9.23. The smallest absolute Gasteiger partial charge is 0.331 e. The highest BCUT2D eigenvalue weighted by Crippen LogP contribution is 2.11. The zero-order valence-electron chi connectivity index (χ0n) is 12.7. The summed E-state index contributed by atoms with van der Waals surface area (Å²) < 4.78 is 11.0. The van der Waals surface area contributed by atoms with Gasteiger partial charge < -0.3 is 9.47 Å². The van der Waals surface area contributed by atoms with Crippen molar-refractivity contribution in [2.75, 3.05) is 6.61 Å². The van der Waals surface area contributed by atoms with Gasteiger partial charge in [0, 0.05) is 16.6 Å². The molecule has 120 valence electrons. The van der Waals surface area contributed by atoms with E-state index in [1.54, 1.807) is 0 Å². The summed E-state index contributed by atoms with van der Waals surface area (Å²) in [4.78, 5) is 22.8. The summed E-state index contributed by atoms with van der Waals surface area (Å²) in [5, 5.41) is 0. The second-order valence-electron chi connectivity index (χ2n) is 4.80. The van der Waals surface area contributed by atoms with Crippen LogP contribution in [0.25, 0.3) is 0 Å². The van der Waals surface area contributed by atoms with Gasteiger partial charge in [-0.25, -0.2) is 9.59 Å². The topological polar surface area (TPSA) is 52.6 Å². The molecule has 5 heteroatoms. The maximum Gasteiger partial charge on any atom is 0.331 e. The molecule has 0 heterocycles. The average Bonchev–Trinajstić information content (AvgIpc) is 2.52. The number of halogens is 1. The normalized spacial score (nSPS) is 10.6. The molecule has 0 fully saturated rings. The van der Waals surface area contributed by atoms with Gasteiger partial charge in [-0.05, 0) is 24.1 Å². The molecule has 0 saturated heterocycles. The van der Waals surface area contributed by atoms with Crippen molar-refractivity contribution < 1.29 is 19.1 Å². The maximum atomic E-state index is 11.5. The summed E-state index contributed by atoms with van der Waals surface area (Å²) in [6.07, 6.45) is 6.36. The Hall–Kier alpha value is -1.62. The van der Waals surface area contributed by atoms with E-state index in [1.165, 1.54) is 0 Å². The number of carbonyl (C=O) groups is 2. The summed E-state index contributed by atoms with van der Waals surface area (Å²) in [7, 11) is 0. The number of benzene rings is 1. The molecule has 1 rings (SSSR count). The molecule has 1 aromatic rings. The first kappa shape index (κ1) is 18.4. The van der Waals surface area contributed by atoms with Crippen molar-refractivity contribution in [3.8, 4) is 0 Å². The van der Waals surface area contributed by atoms with Crippen LogP contribution in [-0.2, 0) is 25.7 Å². The van der Waals surface area contributed by atoms with Crippen LogP contribution in [0.4, 0.5) is 0 Å². The monoisotopic (exact) mass is 368 g/mol. The van der Waals surface area contributed by atoms with Gasteiger partial charge in [-0.3, -0.25) is 0 Å². The van der Waals surface area contributed by atoms with Crippen LogP contribution in [0.1, 0.15) is 38.2 Å². The minimum Gasteiger partial charge on any atom is -0.463 e. The number of ether oxygens (including phenoxy) is 2. The van der Waals surface area contributed by atoms with Gasteiger partial charge in [0.2, 0.25) is 0 Å². The van der Waals surface area contributed by atoms with E-state index in [9.17, 15) is 9.59 Å². The molecule has 22 heavy (non-hydrogen) atoms. The van der Waals surface area contributed by atoms with E-state index in [0.29, 0.717) is 6.61 Å². The molecule has 0 amide bonds. The third-order valence-electron chi connectivity index (χ3n) is 2.89. The fourth-order valence-electron chi connectivity index (χ4n) is 1.67. The van der Waals surface area contributed by atoms with Crippen LogP contribution in [0.15, 0.2) is 40.9 Å². The summed E-state index contributed by atoms with van der Waals surface area (Å²) in [6, 6.07) is 7.45. The summed E-state index contributed by atoms with van der Waals surface area (Å²) in [6.45, 7) is 2.67. The van der Waals surface area contributed by atoms with Gasteiger partial charge in [-0.1, -0.05) is 54.2 Å². The molecule has 0 atom stereocenters. The Balaban J connectivity index is 2.20. The summed E-state index contributed by atoms with van der Waals surface area (Å²) in [5.41, 5.74) is 0.878. The minimum atomic E-state index is -0.564. The standard InChI is InChI=1S/C17H21BrO4/c1-2-3-4-5-12-21-16(19)10-11-17(20)22-13-14-6-8-15(18)9-7-14/h6-11H,2-5,12-13H2,1H3/b11-10+. The summed E-state index contributed by atoms with van der Waals surface area (Å²) >= 11 is 3.33. The van der Waals surface area contributed by atoms with E-state index in [-0.39, 0.29) is 6.61 Å². The quantitative estimate of drug-likeness (QED) is 0.372. The first-order chi connectivity index (χ1) is 10.6. The second-order valence-corrected chi connectivity index (χ2v) is 5.71. The van der Waals surface area contributed by atoms with Gasteiger partial charge in [-0.2, -0.15) is 0 Å². The lowest BCUT2D eigenvalue weighted by atomic mass is 10.2. The molecule has 0 unspecified atom stereocenters. The molecule has 0 aliphatic carbocycles. The van der Waals surface area contributed by atoms with Crippen LogP contribution < -0.4 is 0 Å². The van der Waals surface area contributed by atoms with Crippen LogP contribution in [0.5, 0.6) is 0 Å². The molecular weight excluding hydrogens is 348 g/mol. The third-order valence-corrected chi connectivity index (χ3v) is 3.42. The van der Waals surface area contributed by atoms with Crippen molar-refractivity contribution >= 4 is 27.9 Å². The fraction of sp³-hybridized carbons (Fsp3) is 0.412. The van der Waals surface area contributed by atoms with Crippen LogP contribution in [0.2, 0.25) is 0 Å². The molecule has 0 bridgehead atoms. The van der Waals surface area contributed by atoms with Gasteiger partial charge in [0.1, 0.15) is 6.61 Å². The number of carbonyl (C=O) groups excluding carboxylic acids is 2. The van der Waals surface area contributed by atoms with E-state index in [2.05, 4.69) is 22.9 Å². The van der Waals surface area contributed by atoms with Crippen molar-refractivity contribution in [3.63, 3.8) is 0 Å². The predicted octanol–water partition coefficient (Wildman–Crippen LogP) is 4.17. The zero-order chi connectivity index (χ0) is 16.2. The first-order valence-corrected chi connectivity index (χ1v) is 8.17. The summed E-state index contributed by atoms with van der Waals surface area (Å²) in [5.74, 6) is -1.08. The minimum absolute atomic E-state index is 0.169. The molecule has 0 radical (unpaired) electrons. The average molecular weight is 369 g/mol. The lowest BCUT2D eigenvalue weighted by Gasteiger charge is -2.03. The van der Waals surface area contributed by atoms with Crippen molar-refractivity contribution in [1.82, 2.24) is 0 Å². The van der Waals surface area contributed by atoms with Crippen molar-refractivity contribution in [2.24, 2.45) is 0 Å². The largest absolute Gasteiger partial charge is 0.463 e. The van der Waals surface area contributed by atoms with E-state index in [4.69, 9.17) is 9.47 Å². The number of rotatable bonds is 9. The highest BCUT2D eigenvalue weighted by atomic mass is 79.9. The molecule has 0 N–H and O–H groups in total. The Morgan fingerprint density at radius 2 is 1.64 bits per heavy atom. The Morgan fingerprint density at radius 3 is 2.27 bits per heavy atom. The van der Waals surface area contributed by atoms with Crippen LogP contribution in [0.3, 0.4) is 0 Å². The van der Waals surface area contributed by atoms with Crippen molar-refractivity contribution in [1.29, 1.82) is 0 Å². The number of hydrogen-bond donors (Lipinski definition) is 0. The van der Waals surface area contributed by atoms with Gasteiger partial charge in [0.25, 0.3) is 0 Å². The molecule has 4 nitrogen and oxygen atoms in total. The zero-order valence-corrected chi connectivity index (χ0v) is 14.3. The van der Waals surface area contributed by atoms with E-state index in [0.717, 1.165) is 47.9 Å². The SMILES string of the molecule is CCCCCCOC(=O)/C=C/C(=O)OCc1ccc(Br)cc1. The van der Waals surface area contributed by atoms with E-state index < -0.39 is 11.9 Å². The molecule has 0 spiro atoms. The van der Waals surface area contributed by atoms with Gasteiger partial charge in [0.15, 0.2) is 0 Å². The van der Waals surface area contributed by atoms with Gasteiger partial charge >= 0.3 is 11.9 Å². The number of hydrogen-bond acceptors (Lipinski definition) is 4. The second kappa shape index (κ2) is 11.0. The van der Waals surface area contributed by atoms with Crippen LogP contribution >= 0.6 is 15.9 Å². The highest BCUT2D eigenvalue weighted by Gasteiger charge is 2.02. The van der Waals surface area contributed by atoms with E-state index in [1.807, 2.05) is 24.3 Å². The number of esters is 2. The molecule has 0 aliphatic rings. The molecular formula is C17H21BrO4. The number of unbranched alkanes of at least 4 members (excludes halogenated alkanes) is 3. The molecule has 0 aromatic heterocycles. The van der Waals surface area contributed by atoms with Gasteiger partial charge in [-0.15, -0.1) is 0 Å². The van der Waals surface area contributed by atoms with Crippen molar-refractivity contribution in [2.45, 2.75) is 39.2 Å². The molecule has 0 aliphatic heterocycles. The third kappa shape index (κ3) is 8.62. The highest BCUT2D eigenvalue weighted by molar-refractivity contribution is 9.10. The fourth-order valence-corrected chi connectivity index (χ4v) is 1.93. The molecule has 0 saturated carbocycles. The van der Waals surface area contributed by atoms with E-state index >= 15 is 0 Å². The lowest BCUT2D eigenvalue weighted by molar-refractivity contribution is -0.141. The molecule has 1 aromatic carbocycles.